The van der Waals surface area contributed by atoms with Crippen molar-refractivity contribution in [2.24, 2.45) is 11.8 Å². The van der Waals surface area contributed by atoms with E-state index in [2.05, 4.69) is 54.0 Å². The molecule has 2 aromatic rings. The molecule has 31 heavy (non-hydrogen) atoms. The Morgan fingerprint density at radius 3 is 2.45 bits per heavy atom. The summed E-state index contributed by atoms with van der Waals surface area (Å²) in [6.45, 7) is 8.07. The Morgan fingerprint density at radius 1 is 1.06 bits per heavy atom. The molecule has 2 heterocycles. The minimum atomic E-state index is -0.182. The molecule has 168 valence electrons. The van der Waals surface area contributed by atoms with Gasteiger partial charge in [0.15, 0.2) is 0 Å². The van der Waals surface area contributed by atoms with E-state index in [-0.39, 0.29) is 30.2 Å². The predicted molar refractivity (Wildman–Crippen MR) is 126 cm³/mol. The summed E-state index contributed by atoms with van der Waals surface area (Å²) in [5.74, 6) is 0.538. The predicted octanol–water partition coefficient (Wildman–Crippen LogP) is 5.28. The Hall–Kier alpha value is -1.91. The molecule has 0 N–H and O–H groups in total. The van der Waals surface area contributed by atoms with Crippen LogP contribution >= 0.6 is 12.4 Å². The van der Waals surface area contributed by atoms with Crippen LogP contribution in [0.3, 0.4) is 0 Å². The number of carbonyl (C=O) groups excluding carboxylic acids is 1. The first-order valence-electron chi connectivity index (χ1n) is 11.4. The van der Waals surface area contributed by atoms with Gasteiger partial charge in [0.25, 0.3) is 0 Å². The summed E-state index contributed by atoms with van der Waals surface area (Å²) in [4.78, 5) is 18.0. The Kier molecular flexibility index (Phi) is 8.12. The molecule has 2 aliphatic rings. The Labute approximate surface area is 192 Å². The molecule has 2 aromatic carbocycles. The maximum absolute atomic E-state index is 13.7. The van der Waals surface area contributed by atoms with Crippen molar-refractivity contribution in [3.05, 3.63) is 71.0 Å². The van der Waals surface area contributed by atoms with E-state index in [0.29, 0.717) is 18.4 Å². The Morgan fingerprint density at radius 2 is 1.77 bits per heavy atom. The molecular weight excluding hydrogens is 411 g/mol. The number of carbonyl (C=O) groups is 1. The zero-order valence-corrected chi connectivity index (χ0v) is 19.4. The molecule has 3 nitrogen and oxygen atoms in total. The molecule has 2 aliphatic heterocycles. The number of hydrogen-bond acceptors (Lipinski definition) is 2. The van der Waals surface area contributed by atoms with Gasteiger partial charge in [-0.3, -0.25) is 4.79 Å². The van der Waals surface area contributed by atoms with E-state index >= 15 is 0 Å². The second-order valence-corrected chi connectivity index (χ2v) is 9.17. The summed E-state index contributed by atoms with van der Waals surface area (Å²) in [6.07, 6.45) is 3.68. The van der Waals surface area contributed by atoms with E-state index in [1.54, 1.807) is 6.07 Å². The quantitative estimate of drug-likeness (QED) is 0.626. The Balaban J connectivity index is 0.00000272. The van der Waals surface area contributed by atoms with Crippen molar-refractivity contribution in [3.63, 3.8) is 0 Å². The molecule has 0 spiro atoms. The normalized spacial score (nSPS) is 19.7. The fourth-order valence-corrected chi connectivity index (χ4v) is 5.16. The minimum Gasteiger partial charge on any atom is -0.335 e. The monoisotopic (exact) mass is 444 g/mol. The summed E-state index contributed by atoms with van der Waals surface area (Å²) < 4.78 is 13.7. The van der Waals surface area contributed by atoms with E-state index < -0.39 is 0 Å². The average molecular weight is 445 g/mol. The Bertz CT molecular complexity index is 865. The molecule has 0 bridgehead atoms. The second-order valence-electron chi connectivity index (χ2n) is 9.17. The van der Waals surface area contributed by atoms with E-state index in [9.17, 15) is 9.18 Å². The van der Waals surface area contributed by atoms with Gasteiger partial charge in [0.05, 0.1) is 6.04 Å². The second kappa shape index (κ2) is 10.6. The van der Waals surface area contributed by atoms with Crippen LogP contribution in [0.4, 0.5) is 4.39 Å². The van der Waals surface area contributed by atoms with Crippen molar-refractivity contribution >= 4 is 18.3 Å². The maximum Gasteiger partial charge on any atom is 0.226 e. The molecule has 0 aliphatic carbocycles. The number of likely N-dealkylation sites (tertiary alicyclic amines) is 1. The first-order chi connectivity index (χ1) is 14.5. The lowest BCUT2D eigenvalue weighted by Gasteiger charge is -2.42. The molecule has 1 atom stereocenters. The van der Waals surface area contributed by atoms with E-state index in [1.807, 2.05) is 6.07 Å². The number of amides is 1. The molecule has 1 unspecified atom stereocenters. The maximum atomic E-state index is 13.7. The number of hydrogen-bond donors (Lipinski definition) is 0. The number of rotatable bonds is 5. The largest absolute Gasteiger partial charge is 0.335 e. The van der Waals surface area contributed by atoms with Crippen LogP contribution in [-0.4, -0.2) is 41.9 Å². The van der Waals surface area contributed by atoms with Crippen molar-refractivity contribution in [3.8, 4) is 0 Å². The number of benzene rings is 2. The molecule has 0 saturated carbocycles. The number of nitrogens with zero attached hydrogens (tertiary/aromatic N) is 2. The van der Waals surface area contributed by atoms with Crippen molar-refractivity contribution in [2.45, 2.75) is 45.6 Å². The number of piperidine rings is 1. The van der Waals surface area contributed by atoms with Crippen LogP contribution in [0, 0.1) is 17.7 Å². The molecular formula is C26H34ClFN2O. The summed E-state index contributed by atoms with van der Waals surface area (Å²) in [5.41, 5.74) is 3.57. The third kappa shape index (κ3) is 5.48. The summed E-state index contributed by atoms with van der Waals surface area (Å²) >= 11 is 0. The standard InChI is InChI=1S/C26H33FN2O.ClH/c1-19(2)25-24-9-8-23(27)18-22(24)13-17-29(25)26(30)21-11-15-28(16-12-21)14-10-20-6-4-3-5-7-20;/h3-9,18-19,21,25H,10-17H2,1-2H3;1H. The number of halogens is 2. The van der Waals surface area contributed by atoms with E-state index in [0.717, 1.165) is 56.4 Å². The van der Waals surface area contributed by atoms with Gasteiger partial charge in [-0.2, -0.15) is 0 Å². The van der Waals surface area contributed by atoms with E-state index in [4.69, 9.17) is 0 Å². The lowest BCUT2D eigenvalue weighted by molar-refractivity contribution is -0.141. The van der Waals surface area contributed by atoms with Crippen LogP contribution in [0.25, 0.3) is 0 Å². The molecule has 1 amide bonds. The lowest BCUT2D eigenvalue weighted by Crippen LogP contribution is -2.47. The lowest BCUT2D eigenvalue weighted by atomic mass is 9.84. The van der Waals surface area contributed by atoms with Gasteiger partial charge in [0.1, 0.15) is 5.82 Å². The average Bonchev–Trinajstić information content (AvgIpc) is 2.77. The third-order valence-corrected chi connectivity index (χ3v) is 6.79. The van der Waals surface area contributed by atoms with Gasteiger partial charge < -0.3 is 9.80 Å². The highest BCUT2D eigenvalue weighted by Crippen LogP contribution is 2.37. The highest BCUT2D eigenvalue weighted by atomic mass is 35.5. The van der Waals surface area contributed by atoms with E-state index in [1.165, 1.54) is 11.6 Å². The van der Waals surface area contributed by atoms with Gasteiger partial charge in [-0.25, -0.2) is 4.39 Å². The summed E-state index contributed by atoms with van der Waals surface area (Å²) in [7, 11) is 0. The topological polar surface area (TPSA) is 23.6 Å². The van der Waals surface area contributed by atoms with Crippen molar-refractivity contribution < 1.29 is 9.18 Å². The van der Waals surface area contributed by atoms with Crippen LogP contribution in [0.2, 0.25) is 0 Å². The van der Waals surface area contributed by atoms with Crippen LogP contribution in [0.15, 0.2) is 48.5 Å². The highest BCUT2D eigenvalue weighted by Gasteiger charge is 2.37. The third-order valence-electron chi connectivity index (χ3n) is 6.79. The van der Waals surface area contributed by atoms with Crippen molar-refractivity contribution in [1.82, 2.24) is 9.80 Å². The van der Waals surface area contributed by atoms with Crippen LogP contribution in [0.5, 0.6) is 0 Å². The molecule has 0 aromatic heterocycles. The SMILES string of the molecule is CC(C)C1c2ccc(F)cc2CCN1C(=O)C1CCN(CCc2ccccc2)CC1.Cl. The summed E-state index contributed by atoms with van der Waals surface area (Å²) in [5, 5.41) is 0. The van der Waals surface area contributed by atoms with Gasteiger partial charge in [0, 0.05) is 19.0 Å². The van der Waals surface area contributed by atoms with Crippen LogP contribution in [-0.2, 0) is 17.6 Å². The smallest absolute Gasteiger partial charge is 0.226 e. The highest BCUT2D eigenvalue weighted by molar-refractivity contribution is 5.85. The van der Waals surface area contributed by atoms with Gasteiger partial charge in [-0.15, -0.1) is 12.4 Å². The minimum absolute atomic E-state index is 0. The molecule has 4 rings (SSSR count). The molecule has 0 radical (unpaired) electrons. The van der Waals surface area contributed by atoms with Crippen molar-refractivity contribution in [1.29, 1.82) is 0 Å². The van der Waals surface area contributed by atoms with Gasteiger partial charge in [-0.1, -0.05) is 50.2 Å². The number of fused-ring (bicyclic) bond motifs is 1. The van der Waals surface area contributed by atoms with Crippen LogP contribution in [0.1, 0.15) is 49.4 Å². The fourth-order valence-electron chi connectivity index (χ4n) is 5.16. The summed E-state index contributed by atoms with van der Waals surface area (Å²) in [6, 6.07) is 15.7. The fraction of sp³-hybridized carbons (Fsp3) is 0.500. The van der Waals surface area contributed by atoms with Crippen molar-refractivity contribution in [2.75, 3.05) is 26.2 Å². The first kappa shape index (κ1) is 23.7. The van der Waals surface area contributed by atoms with Gasteiger partial charge in [0.2, 0.25) is 5.91 Å². The van der Waals surface area contributed by atoms with Gasteiger partial charge in [-0.05, 0) is 73.5 Å². The van der Waals surface area contributed by atoms with Gasteiger partial charge >= 0.3 is 0 Å². The zero-order chi connectivity index (χ0) is 21.1. The first-order valence-corrected chi connectivity index (χ1v) is 11.4. The zero-order valence-electron chi connectivity index (χ0n) is 18.6. The molecule has 1 fully saturated rings. The van der Waals surface area contributed by atoms with Crippen LogP contribution < -0.4 is 0 Å². The molecule has 1 saturated heterocycles. The molecule has 5 heteroatoms.